The van der Waals surface area contributed by atoms with E-state index in [0.29, 0.717) is 42.8 Å². The van der Waals surface area contributed by atoms with Crippen LogP contribution in [0.1, 0.15) is 31.1 Å². The minimum absolute atomic E-state index is 0.116. The molecule has 3 rings (SSSR count). The number of amides is 3. The summed E-state index contributed by atoms with van der Waals surface area (Å²) < 4.78 is 5.00. The topological polar surface area (TPSA) is 98.6 Å². The van der Waals surface area contributed by atoms with Crippen LogP contribution in [0.2, 0.25) is 0 Å². The average molecular weight is 346 g/mol. The van der Waals surface area contributed by atoms with E-state index in [1.165, 1.54) is 0 Å². The van der Waals surface area contributed by atoms with Gasteiger partial charge in [0.15, 0.2) is 5.58 Å². The Labute approximate surface area is 144 Å². The van der Waals surface area contributed by atoms with Gasteiger partial charge < -0.3 is 19.5 Å². The van der Waals surface area contributed by atoms with Gasteiger partial charge in [0.25, 0.3) is 5.91 Å². The smallest absolute Gasteiger partial charge is 0.408 e. The molecule has 2 aromatic rings. The number of aromatic amines is 1. The van der Waals surface area contributed by atoms with Gasteiger partial charge in [0.1, 0.15) is 0 Å². The SMILES string of the molecule is CC(C)(C)NC(=O)N1CCN(C(=O)c2ccc3[nH]c(=O)oc3c2)CC1. The normalized spacial score (nSPS) is 15.5. The molecule has 1 aromatic heterocycles. The molecule has 1 aromatic carbocycles. The molecule has 0 atom stereocenters. The molecular formula is C17H22N4O4. The van der Waals surface area contributed by atoms with Crippen LogP contribution in [0.4, 0.5) is 4.79 Å². The van der Waals surface area contributed by atoms with Crippen molar-refractivity contribution in [2.75, 3.05) is 26.2 Å². The Morgan fingerprint density at radius 2 is 1.76 bits per heavy atom. The van der Waals surface area contributed by atoms with Gasteiger partial charge in [-0.15, -0.1) is 0 Å². The van der Waals surface area contributed by atoms with E-state index in [1.807, 2.05) is 20.8 Å². The maximum atomic E-state index is 12.6. The van der Waals surface area contributed by atoms with E-state index in [4.69, 9.17) is 4.42 Å². The van der Waals surface area contributed by atoms with Gasteiger partial charge in [-0.2, -0.15) is 0 Å². The van der Waals surface area contributed by atoms with E-state index in [-0.39, 0.29) is 17.5 Å². The van der Waals surface area contributed by atoms with Crippen LogP contribution in [0.15, 0.2) is 27.4 Å². The third-order valence-electron chi connectivity index (χ3n) is 4.00. The number of carbonyl (C=O) groups excluding carboxylic acids is 2. The van der Waals surface area contributed by atoms with E-state index in [9.17, 15) is 14.4 Å². The molecule has 0 spiro atoms. The van der Waals surface area contributed by atoms with Gasteiger partial charge in [0.05, 0.1) is 5.52 Å². The quantitative estimate of drug-likeness (QED) is 0.815. The first-order valence-corrected chi connectivity index (χ1v) is 8.22. The van der Waals surface area contributed by atoms with Crippen molar-refractivity contribution in [3.8, 4) is 0 Å². The lowest BCUT2D eigenvalue weighted by molar-refractivity contribution is 0.0661. The number of piperazine rings is 1. The molecular weight excluding hydrogens is 324 g/mol. The molecule has 8 nitrogen and oxygen atoms in total. The molecule has 0 unspecified atom stereocenters. The Balaban J connectivity index is 1.64. The summed E-state index contributed by atoms with van der Waals surface area (Å²) in [5, 5.41) is 2.93. The Hall–Kier alpha value is -2.77. The molecule has 1 saturated heterocycles. The molecule has 2 heterocycles. The minimum atomic E-state index is -0.543. The summed E-state index contributed by atoms with van der Waals surface area (Å²) in [6.07, 6.45) is 0. The fourth-order valence-electron chi connectivity index (χ4n) is 2.77. The van der Waals surface area contributed by atoms with Crippen molar-refractivity contribution in [1.82, 2.24) is 20.1 Å². The fourth-order valence-corrected chi connectivity index (χ4v) is 2.77. The summed E-state index contributed by atoms with van der Waals surface area (Å²) in [5.74, 6) is -0.681. The van der Waals surface area contributed by atoms with Crippen molar-refractivity contribution in [3.05, 3.63) is 34.3 Å². The second-order valence-electron chi connectivity index (χ2n) is 7.18. The second-order valence-corrected chi connectivity index (χ2v) is 7.18. The van der Waals surface area contributed by atoms with E-state index in [0.717, 1.165) is 0 Å². The standard InChI is InChI=1S/C17H22N4O4/c1-17(2,3)19-15(23)21-8-6-20(7-9-21)14(22)11-4-5-12-13(10-11)25-16(24)18-12/h4-5,10H,6-9H2,1-3H3,(H,18,24)(H,19,23). The van der Waals surface area contributed by atoms with Gasteiger partial charge in [-0.3, -0.25) is 9.78 Å². The van der Waals surface area contributed by atoms with Crippen molar-refractivity contribution in [1.29, 1.82) is 0 Å². The molecule has 3 amide bonds. The van der Waals surface area contributed by atoms with Gasteiger partial charge >= 0.3 is 11.8 Å². The van der Waals surface area contributed by atoms with Crippen LogP contribution >= 0.6 is 0 Å². The third-order valence-corrected chi connectivity index (χ3v) is 4.00. The van der Waals surface area contributed by atoms with Crippen molar-refractivity contribution < 1.29 is 14.0 Å². The Bertz CT molecular complexity index is 853. The molecule has 0 bridgehead atoms. The van der Waals surface area contributed by atoms with E-state index >= 15 is 0 Å². The maximum absolute atomic E-state index is 12.6. The van der Waals surface area contributed by atoms with Gasteiger partial charge in [0, 0.05) is 37.3 Å². The Morgan fingerprint density at radius 1 is 1.12 bits per heavy atom. The molecule has 0 saturated carbocycles. The van der Waals surface area contributed by atoms with Crippen LogP contribution in [0.25, 0.3) is 11.1 Å². The van der Waals surface area contributed by atoms with Gasteiger partial charge in [-0.05, 0) is 39.0 Å². The molecule has 0 aliphatic carbocycles. The van der Waals surface area contributed by atoms with Crippen molar-refractivity contribution in [2.45, 2.75) is 26.3 Å². The monoisotopic (exact) mass is 346 g/mol. The highest BCUT2D eigenvalue weighted by Gasteiger charge is 2.26. The van der Waals surface area contributed by atoms with Gasteiger partial charge in [-0.1, -0.05) is 0 Å². The Kier molecular flexibility index (Phi) is 4.28. The Morgan fingerprint density at radius 3 is 2.40 bits per heavy atom. The van der Waals surface area contributed by atoms with Crippen LogP contribution in [-0.4, -0.2) is 58.4 Å². The third kappa shape index (κ3) is 3.84. The molecule has 25 heavy (non-hydrogen) atoms. The molecule has 1 fully saturated rings. The molecule has 1 aliphatic rings. The first kappa shape index (κ1) is 17.1. The van der Waals surface area contributed by atoms with Crippen LogP contribution in [0, 0.1) is 0 Å². The highest BCUT2D eigenvalue weighted by atomic mass is 16.4. The predicted octanol–water partition coefficient (Wildman–Crippen LogP) is 1.39. The molecule has 1 aliphatic heterocycles. The molecule has 134 valence electrons. The number of H-pyrrole nitrogens is 1. The average Bonchev–Trinajstić information content (AvgIpc) is 2.91. The van der Waals surface area contributed by atoms with E-state index < -0.39 is 5.76 Å². The van der Waals surface area contributed by atoms with Crippen LogP contribution in [-0.2, 0) is 0 Å². The van der Waals surface area contributed by atoms with Crippen molar-refractivity contribution in [3.63, 3.8) is 0 Å². The number of hydrogen-bond donors (Lipinski definition) is 2. The van der Waals surface area contributed by atoms with Crippen LogP contribution < -0.4 is 11.1 Å². The lowest BCUT2D eigenvalue weighted by Crippen LogP contribution is -2.56. The van der Waals surface area contributed by atoms with Crippen LogP contribution in [0.3, 0.4) is 0 Å². The van der Waals surface area contributed by atoms with Crippen molar-refractivity contribution >= 4 is 23.0 Å². The number of benzene rings is 1. The van der Waals surface area contributed by atoms with Gasteiger partial charge in [0.2, 0.25) is 0 Å². The number of nitrogens with zero attached hydrogens (tertiary/aromatic N) is 2. The zero-order valence-electron chi connectivity index (χ0n) is 14.6. The van der Waals surface area contributed by atoms with E-state index in [2.05, 4.69) is 10.3 Å². The van der Waals surface area contributed by atoms with E-state index in [1.54, 1.807) is 28.0 Å². The summed E-state index contributed by atoms with van der Waals surface area (Å²) in [6.45, 7) is 7.68. The number of aromatic nitrogens is 1. The summed E-state index contributed by atoms with van der Waals surface area (Å²) in [4.78, 5) is 42.0. The zero-order valence-corrected chi connectivity index (χ0v) is 14.6. The summed E-state index contributed by atoms with van der Waals surface area (Å²) >= 11 is 0. The highest BCUT2D eigenvalue weighted by molar-refractivity contribution is 5.97. The molecule has 8 heteroatoms. The van der Waals surface area contributed by atoms with Crippen molar-refractivity contribution in [2.24, 2.45) is 0 Å². The highest BCUT2D eigenvalue weighted by Crippen LogP contribution is 2.15. The number of oxazole rings is 1. The fraction of sp³-hybridized carbons (Fsp3) is 0.471. The lowest BCUT2D eigenvalue weighted by atomic mass is 10.1. The number of fused-ring (bicyclic) bond motifs is 1. The first-order valence-electron chi connectivity index (χ1n) is 8.22. The number of rotatable bonds is 1. The number of urea groups is 1. The molecule has 0 radical (unpaired) electrons. The molecule has 2 N–H and O–H groups in total. The minimum Gasteiger partial charge on any atom is -0.408 e. The lowest BCUT2D eigenvalue weighted by Gasteiger charge is -2.36. The summed E-state index contributed by atoms with van der Waals surface area (Å²) in [6, 6.07) is 4.76. The second kappa shape index (κ2) is 6.27. The zero-order chi connectivity index (χ0) is 18.2. The summed E-state index contributed by atoms with van der Waals surface area (Å²) in [5.41, 5.74) is 1.09. The van der Waals surface area contributed by atoms with Gasteiger partial charge in [-0.25, -0.2) is 9.59 Å². The first-order chi connectivity index (χ1) is 11.7. The number of nitrogens with one attached hydrogen (secondary N) is 2. The maximum Gasteiger partial charge on any atom is 0.417 e. The summed E-state index contributed by atoms with van der Waals surface area (Å²) in [7, 11) is 0. The van der Waals surface area contributed by atoms with Crippen LogP contribution in [0.5, 0.6) is 0 Å². The number of hydrogen-bond acceptors (Lipinski definition) is 4. The largest absolute Gasteiger partial charge is 0.417 e. The number of carbonyl (C=O) groups is 2. The predicted molar refractivity (Wildman–Crippen MR) is 92.6 cm³/mol.